The van der Waals surface area contributed by atoms with Crippen LogP contribution >= 0.6 is 11.6 Å². The molecule has 0 aliphatic heterocycles. The Bertz CT molecular complexity index is 39.4. The van der Waals surface area contributed by atoms with Crippen molar-refractivity contribution in [3.05, 3.63) is 0 Å². The van der Waals surface area contributed by atoms with Crippen molar-refractivity contribution >= 4 is 63.0 Å². The third kappa shape index (κ3) is 10.8. The number of hydrogen-bond donors (Lipinski definition) is 0. The first-order chi connectivity index (χ1) is 1.91. The van der Waals surface area contributed by atoms with Crippen LogP contribution in [0.1, 0.15) is 0 Å². The molecule has 0 aromatic rings. The topological polar surface area (TPSA) is 23.8 Å². The second-order valence-electron chi connectivity index (χ2n) is 0.292. The molecule has 0 heterocycles. The molecule has 0 unspecified atom stereocenters. The monoisotopic (exact) mass is 114 g/mol. The van der Waals surface area contributed by atoms with E-state index in [4.69, 9.17) is 16.9 Å². The summed E-state index contributed by atoms with van der Waals surface area (Å²) in [6, 6.07) is 1.70. The van der Waals surface area contributed by atoms with E-state index < -0.39 is 0 Å². The van der Waals surface area contributed by atoms with Crippen molar-refractivity contribution in [1.29, 1.82) is 5.26 Å². The molecule has 0 bridgehead atoms. The first-order valence-corrected chi connectivity index (χ1v) is 1.38. The summed E-state index contributed by atoms with van der Waals surface area (Å²) in [5.74, 6) is 0.0972. The zero-order chi connectivity index (χ0) is 3.41. The minimum atomic E-state index is 0. The largest absolute Gasteiger partial charge is 0.197 e. The summed E-state index contributed by atoms with van der Waals surface area (Å²) in [7, 11) is 0. The molecule has 0 saturated carbocycles. The van der Waals surface area contributed by atoms with E-state index in [9.17, 15) is 0 Å². The molecule has 23 valence electrons. The number of hydrogen-bond acceptors (Lipinski definition) is 1. The van der Waals surface area contributed by atoms with E-state index in [0.717, 1.165) is 0 Å². The Labute approximate surface area is 78.7 Å². The average Bonchev–Trinajstić information content (AvgIpc) is 1.37. The molecule has 0 aromatic carbocycles. The van der Waals surface area contributed by atoms with Gasteiger partial charge < -0.3 is 0 Å². The van der Waals surface area contributed by atoms with Crippen LogP contribution in [-0.4, -0.2) is 57.3 Å². The summed E-state index contributed by atoms with van der Waals surface area (Å²) in [6.07, 6.45) is 0. The summed E-state index contributed by atoms with van der Waals surface area (Å²) in [5, 5.41) is 7.49. The van der Waals surface area contributed by atoms with Gasteiger partial charge in [0.05, 0.1) is 6.07 Å². The van der Waals surface area contributed by atoms with E-state index in [2.05, 4.69) is 0 Å². The second kappa shape index (κ2) is 9.05. The van der Waals surface area contributed by atoms with Gasteiger partial charge in [0.1, 0.15) is 5.88 Å². The fourth-order valence-corrected chi connectivity index (χ4v) is 0. The van der Waals surface area contributed by atoms with Gasteiger partial charge >= 0.3 is 0 Å². The van der Waals surface area contributed by atoms with Crippen LogP contribution < -0.4 is 0 Å². The van der Waals surface area contributed by atoms with Crippen molar-refractivity contribution < 1.29 is 0 Å². The van der Waals surface area contributed by atoms with Crippen LogP contribution in [0.25, 0.3) is 0 Å². The Morgan fingerprint density at radius 2 is 2.00 bits per heavy atom. The Morgan fingerprint density at radius 3 is 2.00 bits per heavy atom. The molecule has 1 nitrogen and oxygen atoms in total. The smallest absolute Gasteiger partial charge is 0.109 e. The number of nitriles is 1. The standard InChI is InChI=1S/C2H2ClN.K/c3-1-2-4;/h1H2;. The van der Waals surface area contributed by atoms with Crippen LogP contribution in [0, 0.1) is 11.3 Å². The van der Waals surface area contributed by atoms with E-state index in [-0.39, 0.29) is 57.3 Å². The van der Waals surface area contributed by atoms with E-state index >= 15 is 0 Å². The van der Waals surface area contributed by atoms with Gasteiger partial charge in [-0.05, 0) is 0 Å². The zero-order valence-electron chi connectivity index (χ0n) is 3.03. The third-order valence-electron chi connectivity index (χ3n) is 0.0598. The minimum absolute atomic E-state index is 0. The maximum absolute atomic E-state index is 7.49. The molecule has 0 atom stereocenters. The maximum Gasteiger partial charge on any atom is 0.109 e. The van der Waals surface area contributed by atoms with Crippen molar-refractivity contribution in [2.75, 3.05) is 5.88 Å². The number of nitrogens with zero attached hydrogens (tertiary/aromatic N) is 1. The van der Waals surface area contributed by atoms with E-state index in [1.54, 1.807) is 6.07 Å². The molecule has 0 N–H and O–H groups in total. The van der Waals surface area contributed by atoms with Gasteiger partial charge in [0.15, 0.2) is 0 Å². The third-order valence-corrected chi connectivity index (χ3v) is 0.179. The van der Waals surface area contributed by atoms with E-state index in [1.807, 2.05) is 0 Å². The molecule has 0 saturated heterocycles. The van der Waals surface area contributed by atoms with Gasteiger partial charge in [-0.2, -0.15) is 5.26 Å². The molecule has 0 amide bonds. The van der Waals surface area contributed by atoms with Crippen LogP contribution in [0.15, 0.2) is 0 Å². The fraction of sp³-hybridized carbons (Fsp3) is 0.500. The quantitative estimate of drug-likeness (QED) is 0.330. The summed E-state index contributed by atoms with van der Waals surface area (Å²) in [5.41, 5.74) is 0. The SMILES string of the molecule is N#CCCl.[K]. The van der Waals surface area contributed by atoms with E-state index in [1.165, 1.54) is 0 Å². The summed E-state index contributed by atoms with van der Waals surface area (Å²) in [4.78, 5) is 0. The molecule has 0 aliphatic carbocycles. The Morgan fingerprint density at radius 1 is 1.80 bits per heavy atom. The summed E-state index contributed by atoms with van der Waals surface area (Å²) in [6.45, 7) is 0. The number of rotatable bonds is 0. The maximum atomic E-state index is 7.49. The molecular weight excluding hydrogens is 113 g/mol. The first-order valence-electron chi connectivity index (χ1n) is 0.844. The predicted octanol–water partition coefficient (Wildman–Crippen LogP) is 0.368. The van der Waals surface area contributed by atoms with Gasteiger partial charge in [-0.1, -0.05) is 0 Å². The van der Waals surface area contributed by atoms with Crippen LogP contribution in [0.3, 0.4) is 0 Å². The molecule has 3 heteroatoms. The van der Waals surface area contributed by atoms with Crippen LogP contribution in [0.4, 0.5) is 0 Å². The molecule has 0 spiro atoms. The van der Waals surface area contributed by atoms with Gasteiger partial charge in [0, 0.05) is 51.4 Å². The molecule has 0 fully saturated rings. The van der Waals surface area contributed by atoms with Crippen LogP contribution in [0.2, 0.25) is 0 Å². The van der Waals surface area contributed by atoms with Crippen molar-refractivity contribution in [1.82, 2.24) is 0 Å². The Hall–Kier alpha value is 1.42. The Balaban J connectivity index is 0. The van der Waals surface area contributed by atoms with Crippen LogP contribution in [0.5, 0.6) is 0 Å². The van der Waals surface area contributed by atoms with Crippen molar-refractivity contribution in [2.24, 2.45) is 0 Å². The first kappa shape index (κ1) is 9.65. The molecule has 0 aliphatic rings. The van der Waals surface area contributed by atoms with Crippen LogP contribution in [-0.2, 0) is 0 Å². The van der Waals surface area contributed by atoms with Gasteiger partial charge in [-0.15, -0.1) is 11.6 Å². The predicted molar refractivity (Wildman–Crippen MR) is 22.1 cm³/mol. The molecule has 1 radical (unpaired) electrons. The Kier molecular flexibility index (Phi) is 17.5. The molecular formula is C2H2ClKN. The summed E-state index contributed by atoms with van der Waals surface area (Å²) < 4.78 is 0. The molecule has 0 rings (SSSR count). The normalized spacial score (nSPS) is 4.00. The van der Waals surface area contributed by atoms with Crippen molar-refractivity contribution in [2.45, 2.75) is 0 Å². The number of halogens is 1. The fourth-order valence-electron chi connectivity index (χ4n) is 0. The average molecular weight is 115 g/mol. The van der Waals surface area contributed by atoms with Gasteiger partial charge in [0.2, 0.25) is 0 Å². The minimum Gasteiger partial charge on any atom is -0.197 e. The van der Waals surface area contributed by atoms with Gasteiger partial charge in [0.25, 0.3) is 0 Å². The second-order valence-corrected chi connectivity index (χ2v) is 0.559. The van der Waals surface area contributed by atoms with Crippen molar-refractivity contribution in [3.63, 3.8) is 0 Å². The van der Waals surface area contributed by atoms with Crippen molar-refractivity contribution in [3.8, 4) is 6.07 Å². The molecule has 5 heavy (non-hydrogen) atoms. The van der Waals surface area contributed by atoms with Gasteiger partial charge in [-0.25, -0.2) is 0 Å². The van der Waals surface area contributed by atoms with Gasteiger partial charge in [-0.3, -0.25) is 0 Å². The number of alkyl halides is 1. The van der Waals surface area contributed by atoms with E-state index in [0.29, 0.717) is 0 Å². The molecule has 0 aromatic heterocycles. The zero-order valence-corrected chi connectivity index (χ0v) is 6.91. The summed E-state index contributed by atoms with van der Waals surface area (Å²) >= 11 is 4.82.